The zero-order chi connectivity index (χ0) is 13.1. The molecule has 6 nitrogen and oxygen atoms in total. The van der Waals surface area contributed by atoms with Gasteiger partial charge in [-0.15, -0.1) is 11.8 Å². The zero-order valence-electron chi connectivity index (χ0n) is 9.57. The number of carboxylic acids is 1. The summed E-state index contributed by atoms with van der Waals surface area (Å²) in [6, 6.07) is 3.56. The van der Waals surface area contributed by atoms with Crippen LogP contribution in [0.1, 0.15) is 5.69 Å². The number of aliphatic imine (C=N–C) groups is 1. The molecule has 0 aromatic carbocycles. The standard InChI is InChI=1S/C11H10N4O2S/c1-7(14-10(18-2)11(16)17)8-6-12-9-4-3-5-13-15(8)9/h3-6H,1H2,2H3,(H,16,17). The molecule has 2 aromatic rings. The molecule has 0 radical (unpaired) electrons. The molecule has 0 amide bonds. The van der Waals surface area contributed by atoms with Gasteiger partial charge in [0.25, 0.3) is 0 Å². The highest BCUT2D eigenvalue weighted by Gasteiger charge is 2.11. The molecule has 0 bridgehead atoms. The number of aromatic nitrogens is 3. The minimum absolute atomic E-state index is 0.0223. The van der Waals surface area contributed by atoms with Crippen LogP contribution in [0, 0.1) is 0 Å². The van der Waals surface area contributed by atoms with E-state index in [9.17, 15) is 4.79 Å². The van der Waals surface area contributed by atoms with Crippen molar-refractivity contribution in [1.82, 2.24) is 14.6 Å². The number of hydrogen-bond donors (Lipinski definition) is 1. The first-order valence-corrected chi connectivity index (χ1v) is 6.20. The maximum absolute atomic E-state index is 10.9. The number of imidazole rings is 1. The number of aliphatic carboxylic acids is 1. The van der Waals surface area contributed by atoms with E-state index >= 15 is 0 Å². The maximum Gasteiger partial charge on any atom is 0.361 e. The lowest BCUT2D eigenvalue weighted by Crippen LogP contribution is -2.08. The van der Waals surface area contributed by atoms with Crippen molar-refractivity contribution in [2.45, 2.75) is 0 Å². The molecule has 0 saturated carbocycles. The molecule has 0 unspecified atom stereocenters. The van der Waals surface area contributed by atoms with Gasteiger partial charge >= 0.3 is 5.97 Å². The smallest absolute Gasteiger partial charge is 0.361 e. The van der Waals surface area contributed by atoms with Crippen molar-refractivity contribution in [2.75, 3.05) is 6.26 Å². The fourth-order valence-corrected chi connectivity index (χ4v) is 1.76. The average molecular weight is 262 g/mol. The summed E-state index contributed by atoms with van der Waals surface area (Å²) in [6.45, 7) is 3.75. The SMILES string of the molecule is C=C(N=C(SC)C(=O)O)c1cnc2cccnn12. The highest BCUT2D eigenvalue weighted by Crippen LogP contribution is 2.16. The summed E-state index contributed by atoms with van der Waals surface area (Å²) in [7, 11) is 0. The molecule has 2 aromatic heterocycles. The largest absolute Gasteiger partial charge is 0.476 e. The molecular formula is C11H10N4O2S. The van der Waals surface area contributed by atoms with Crippen LogP contribution in [-0.2, 0) is 4.79 Å². The zero-order valence-corrected chi connectivity index (χ0v) is 10.4. The van der Waals surface area contributed by atoms with E-state index in [4.69, 9.17) is 5.11 Å². The van der Waals surface area contributed by atoms with Gasteiger partial charge in [-0.2, -0.15) is 5.10 Å². The molecule has 0 spiro atoms. The summed E-state index contributed by atoms with van der Waals surface area (Å²) in [5.74, 6) is -1.08. The van der Waals surface area contributed by atoms with E-state index in [1.807, 2.05) is 0 Å². The van der Waals surface area contributed by atoms with Gasteiger partial charge in [0.1, 0.15) is 5.69 Å². The molecule has 0 aliphatic rings. The Labute approximate surface area is 107 Å². The van der Waals surface area contributed by atoms with Crippen LogP contribution in [0.15, 0.2) is 36.1 Å². The predicted octanol–water partition coefficient (Wildman–Crippen LogP) is 1.55. The lowest BCUT2D eigenvalue weighted by Gasteiger charge is -2.01. The molecule has 2 heterocycles. The van der Waals surface area contributed by atoms with Gasteiger partial charge in [0, 0.05) is 6.20 Å². The Bertz CT molecular complexity index is 647. The third kappa shape index (κ3) is 2.25. The molecule has 92 valence electrons. The number of carboxylic acid groups (broad SMARTS) is 1. The van der Waals surface area contributed by atoms with E-state index in [-0.39, 0.29) is 5.04 Å². The molecule has 0 atom stereocenters. The molecule has 0 saturated heterocycles. The normalized spacial score (nSPS) is 11.7. The van der Waals surface area contributed by atoms with Gasteiger partial charge in [-0.1, -0.05) is 6.58 Å². The second kappa shape index (κ2) is 5.01. The lowest BCUT2D eigenvalue weighted by molar-refractivity contribution is -0.129. The summed E-state index contributed by atoms with van der Waals surface area (Å²) in [5, 5.41) is 13.0. The van der Waals surface area contributed by atoms with E-state index < -0.39 is 5.97 Å². The number of fused-ring (bicyclic) bond motifs is 1. The first-order chi connectivity index (χ1) is 8.63. The van der Waals surface area contributed by atoms with E-state index in [1.165, 1.54) is 0 Å². The van der Waals surface area contributed by atoms with Crippen molar-refractivity contribution in [2.24, 2.45) is 4.99 Å². The first-order valence-electron chi connectivity index (χ1n) is 4.97. The van der Waals surface area contributed by atoms with Crippen LogP contribution in [0.2, 0.25) is 0 Å². The molecule has 18 heavy (non-hydrogen) atoms. The minimum atomic E-state index is -1.08. The lowest BCUT2D eigenvalue weighted by atomic mass is 10.4. The Morgan fingerprint density at radius 3 is 3.06 bits per heavy atom. The molecular weight excluding hydrogens is 252 g/mol. The van der Waals surface area contributed by atoms with Gasteiger partial charge in [-0.3, -0.25) is 0 Å². The minimum Gasteiger partial charge on any atom is -0.476 e. The summed E-state index contributed by atoms with van der Waals surface area (Å²) in [5.41, 5.74) is 1.54. The van der Waals surface area contributed by atoms with Crippen molar-refractivity contribution in [3.8, 4) is 0 Å². The van der Waals surface area contributed by atoms with E-state index in [0.29, 0.717) is 17.0 Å². The van der Waals surface area contributed by atoms with E-state index in [0.717, 1.165) is 11.8 Å². The quantitative estimate of drug-likeness (QED) is 0.656. The monoisotopic (exact) mass is 262 g/mol. The van der Waals surface area contributed by atoms with Crippen LogP contribution in [0.5, 0.6) is 0 Å². The maximum atomic E-state index is 10.9. The van der Waals surface area contributed by atoms with Crippen molar-refractivity contribution < 1.29 is 9.90 Å². The predicted molar refractivity (Wildman–Crippen MR) is 70.6 cm³/mol. The van der Waals surface area contributed by atoms with Gasteiger partial charge in [0.15, 0.2) is 10.7 Å². The third-order valence-corrected chi connectivity index (χ3v) is 2.84. The van der Waals surface area contributed by atoms with Crippen molar-refractivity contribution in [3.05, 3.63) is 36.8 Å². The summed E-state index contributed by atoms with van der Waals surface area (Å²) in [4.78, 5) is 19.0. The fraction of sp³-hybridized carbons (Fsp3) is 0.0909. The second-order valence-electron chi connectivity index (χ2n) is 3.31. The molecule has 0 fully saturated rings. The van der Waals surface area contributed by atoms with Crippen LogP contribution >= 0.6 is 11.8 Å². The highest BCUT2D eigenvalue weighted by molar-refractivity contribution is 8.15. The Hall–Kier alpha value is -2.15. The Morgan fingerprint density at radius 2 is 2.39 bits per heavy atom. The van der Waals surface area contributed by atoms with Gasteiger partial charge < -0.3 is 5.11 Å². The molecule has 0 aliphatic heterocycles. The van der Waals surface area contributed by atoms with Crippen LogP contribution in [0.3, 0.4) is 0 Å². The topological polar surface area (TPSA) is 79.8 Å². The number of thioether (sulfide) groups is 1. The molecule has 0 aliphatic carbocycles. The second-order valence-corrected chi connectivity index (χ2v) is 4.10. The molecule has 2 rings (SSSR count). The summed E-state index contributed by atoms with van der Waals surface area (Å²) >= 11 is 1.05. The van der Waals surface area contributed by atoms with Crippen molar-refractivity contribution >= 4 is 34.1 Å². The van der Waals surface area contributed by atoms with Crippen molar-refractivity contribution in [3.63, 3.8) is 0 Å². The Morgan fingerprint density at radius 1 is 1.61 bits per heavy atom. The molecule has 1 N–H and O–H groups in total. The van der Waals surface area contributed by atoms with Gasteiger partial charge in [0.2, 0.25) is 0 Å². The Balaban J connectivity index is 2.43. The van der Waals surface area contributed by atoms with Gasteiger partial charge in [-0.05, 0) is 18.4 Å². The Kier molecular flexibility index (Phi) is 3.42. The first kappa shape index (κ1) is 12.3. The highest BCUT2D eigenvalue weighted by atomic mass is 32.2. The van der Waals surface area contributed by atoms with Crippen LogP contribution in [0.4, 0.5) is 0 Å². The van der Waals surface area contributed by atoms with Crippen LogP contribution < -0.4 is 0 Å². The fourth-order valence-electron chi connectivity index (χ4n) is 1.39. The average Bonchev–Trinajstić information content (AvgIpc) is 2.79. The molecule has 7 heteroatoms. The third-order valence-electron chi connectivity index (χ3n) is 2.19. The van der Waals surface area contributed by atoms with E-state index in [2.05, 4.69) is 21.7 Å². The van der Waals surface area contributed by atoms with Crippen molar-refractivity contribution in [1.29, 1.82) is 0 Å². The number of carbonyl (C=O) groups is 1. The number of hydrogen-bond acceptors (Lipinski definition) is 5. The number of nitrogens with zero attached hydrogens (tertiary/aromatic N) is 4. The van der Waals surface area contributed by atoms with Gasteiger partial charge in [-0.25, -0.2) is 19.3 Å². The summed E-state index contributed by atoms with van der Waals surface area (Å²) in [6.07, 6.45) is 4.82. The summed E-state index contributed by atoms with van der Waals surface area (Å²) < 4.78 is 1.56. The van der Waals surface area contributed by atoms with Gasteiger partial charge in [0.05, 0.1) is 11.9 Å². The van der Waals surface area contributed by atoms with Crippen LogP contribution in [0.25, 0.3) is 11.3 Å². The van der Waals surface area contributed by atoms with Crippen LogP contribution in [-0.4, -0.2) is 37.0 Å². The van der Waals surface area contributed by atoms with E-state index in [1.54, 1.807) is 35.3 Å². The number of rotatable bonds is 2.